The van der Waals surface area contributed by atoms with E-state index in [0.717, 1.165) is 39.3 Å². The van der Waals surface area contributed by atoms with Crippen LogP contribution in [0.3, 0.4) is 0 Å². The molecule has 0 aromatic heterocycles. The third-order valence-electron chi connectivity index (χ3n) is 3.52. The molecule has 1 saturated heterocycles. The molecule has 7 heteroatoms. The third kappa shape index (κ3) is 7.72. The van der Waals surface area contributed by atoms with Gasteiger partial charge in [-0.05, 0) is 13.3 Å². The Kier molecular flexibility index (Phi) is 9.77. The number of amides is 1. The maximum absolute atomic E-state index is 12.0. The maximum atomic E-state index is 12.0. The Morgan fingerprint density at radius 2 is 1.95 bits per heavy atom. The molecule has 0 unspecified atom stereocenters. The lowest BCUT2D eigenvalue weighted by atomic mass is 10.3. The van der Waals surface area contributed by atoms with Crippen molar-refractivity contribution in [2.24, 2.45) is 0 Å². The van der Waals surface area contributed by atoms with Crippen LogP contribution in [0, 0.1) is 0 Å². The Morgan fingerprint density at radius 1 is 1.23 bits per heavy atom. The number of rotatable bonds is 10. The van der Waals surface area contributed by atoms with Crippen LogP contribution in [0.25, 0.3) is 0 Å². The second-order valence-electron chi connectivity index (χ2n) is 5.18. The Hall–Kier alpha value is -1.18. The van der Waals surface area contributed by atoms with Crippen molar-refractivity contribution in [3.05, 3.63) is 0 Å². The topological polar surface area (TPSA) is 68.3 Å². The molecule has 0 N–H and O–H groups in total. The van der Waals surface area contributed by atoms with Gasteiger partial charge < -0.3 is 19.1 Å². The van der Waals surface area contributed by atoms with Crippen LogP contribution in [0.5, 0.6) is 0 Å². The first-order valence-electron chi connectivity index (χ1n) is 7.89. The molecule has 0 aromatic rings. The maximum Gasteiger partial charge on any atom is 0.307 e. The Balaban J connectivity index is 2.33. The van der Waals surface area contributed by atoms with Crippen LogP contribution in [-0.2, 0) is 23.8 Å². The van der Waals surface area contributed by atoms with Gasteiger partial charge in [0.15, 0.2) is 0 Å². The Labute approximate surface area is 132 Å². The average Bonchev–Trinajstić information content (AvgIpc) is 2.52. The number of hydrogen-bond acceptors (Lipinski definition) is 6. The summed E-state index contributed by atoms with van der Waals surface area (Å²) in [6.07, 6.45) is 1.10. The summed E-state index contributed by atoms with van der Waals surface area (Å²) in [6.45, 7) is 7.53. The second kappa shape index (κ2) is 11.4. The summed E-state index contributed by atoms with van der Waals surface area (Å²) in [7, 11) is 1.50. The molecule has 0 radical (unpaired) electrons. The number of morpholine rings is 1. The van der Waals surface area contributed by atoms with Gasteiger partial charge in [0.2, 0.25) is 5.91 Å². The predicted octanol–water partition coefficient (Wildman–Crippen LogP) is 0.137. The first-order chi connectivity index (χ1) is 10.7. The van der Waals surface area contributed by atoms with Gasteiger partial charge in [0, 0.05) is 39.8 Å². The second-order valence-corrected chi connectivity index (χ2v) is 5.18. The lowest BCUT2D eigenvalue weighted by molar-refractivity contribution is -0.144. The molecule has 1 amide bonds. The molecular formula is C15H28N2O5. The Morgan fingerprint density at radius 3 is 2.59 bits per heavy atom. The van der Waals surface area contributed by atoms with Crippen LogP contribution in [-0.4, -0.2) is 87.9 Å². The summed E-state index contributed by atoms with van der Waals surface area (Å²) in [5, 5.41) is 0. The molecule has 1 fully saturated rings. The van der Waals surface area contributed by atoms with Crippen LogP contribution in [0.15, 0.2) is 0 Å². The van der Waals surface area contributed by atoms with Crippen molar-refractivity contribution in [2.75, 3.05) is 66.3 Å². The SMILES string of the molecule is CCOC(=O)CCN(CCCN1CCOCC1)C(=O)COC. The minimum Gasteiger partial charge on any atom is -0.466 e. The summed E-state index contributed by atoms with van der Waals surface area (Å²) < 4.78 is 15.1. The molecule has 0 aliphatic carbocycles. The van der Waals surface area contributed by atoms with E-state index in [0.29, 0.717) is 19.7 Å². The summed E-state index contributed by atoms with van der Waals surface area (Å²) in [5.41, 5.74) is 0. The molecule has 0 bridgehead atoms. The summed E-state index contributed by atoms with van der Waals surface area (Å²) in [6, 6.07) is 0. The largest absolute Gasteiger partial charge is 0.466 e. The average molecular weight is 316 g/mol. The smallest absolute Gasteiger partial charge is 0.307 e. The molecule has 0 atom stereocenters. The van der Waals surface area contributed by atoms with Crippen molar-refractivity contribution < 1.29 is 23.8 Å². The molecule has 128 valence electrons. The standard InChI is InChI=1S/C15H28N2O5/c1-3-22-15(19)5-8-17(14(18)13-20-2)7-4-6-16-9-11-21-12-10-16/h3-13H2,1-2H3. The van der Waals surface area contributed by atoms with E-state index in [1.165, 1.54) is 7.11 Å². The van der Waals surface area contributed by atoms with Gasteiger partial charge in [-0.1, -0.05) is 0 Å². The van der Waals surface area contributed by atoms with Crippen molar-refractivity contribution in [2.45, 2.75) is 19.8 Å². The van der Waals surface area contributed by atoms with Gasteiger partial charge in [-0.2, -0.15) is 0 Å². The summed E-state index contributed by atoms with van der Waals surface area (Å²) in [4.78, 5) is 27.5. The number of methoxy groups -OCH3 is 1. The van der Waals surface area contributed by atoms with Crippen LogP contribution in [0.1, 0.15) is 19.8 Å². The molecule has 7 nitrogen and oxygen atoms in total. The van der Waals surface area contributed by atoms with Crippen LogP contribution < -0.4 is 0 Å². The highest BCUT2D eigenvalue weighted by Gasteiger charge is 2.16. The molecule has 22 heavy (non-hydrogen) atoms. The van der Waals surface area contributed by atoms with Crippen molar-refractivity contribution in [1.29, 1.82) is 0 Å². The van der Waals surface area contributed by atoms with E-state index < -0.39 is 0 Å². The lowest BCUT2D eigenvalue weighted by Gasteiger charge is -2.28. The van der Waals surface area contributed by atoms with Gasteiger partial charge in [0.05, 0.1) is 26.2 Å². The molecule has 1 aliphatic rings. The number of ether oxygens (including phenoxy) is 3. The molecule has 0 saturated carbocycles. The zero-order valence-electron chi connectivity index (χ0n) is 13.7. The van der Waals surface area contributed by atoms with Crippen molar-refractivity contribution in [3.8, 4) is 0 Å². The molecule has 1 heterocycles. The summed E-state index contributed by atoms with van der Waals surface area (Å²) in [5.74, 6) is -0.361. The fourth-order valence-electron chi connectivity index (χ4n) is 2.35. The van der Waals surface area contributed by atoms with Crippen molar-refractivity contribution in [1.82, 2.24) is 9.80 Å². The van der Waals surface area contributed by atoms with E-state index in [9.17, 15) is 9.59 Å². The van der Waals surface area contributed by atoms with Gasteiger partial charge in [-0.15, -0.1) is 0 Å². The first kappa shape index (κ1) is 18.9. The molecule has 0 spiro atoms. The van der Waals surface area contributed by atoms with Crippen molar-refractivity contribution in [3.63, 3.8) is 0 Å². The van der Waals surface area contributed by atoms with E-state index in [1.54, 1.807) is 11.8 Å². The van der Waals surface area contributed by atoms with E-state index in [2.05, 4.69) is 4.90 Å². The number of hydrogen-bond donors (Lipinski definition) is 0. The fourth-order valence-corrected chi connectivity index (χ4v) is 2.35. The van der Waals surface area contributed by atoms with E-state index in [1.807, 2.05) is 0 Å². The van der Waals surface area contributed by atoms with Gasteiger partial charge in [-0.25, -0.2) is 0 Å². The van der Waals surface area contributed by atoms with E-state index in [4.69, 9.17) is 14.2 Å². The fraction of sp³-hybridized carbons (Fsp3) is 0.867. The number of nitrogens with zero attached hydrogens (tertiary/aromatic N) is 2. The van der Waals surface area contributed by atoms with E-state index in [-0.39, 0.29) is 24.9 Å². The van der Waals surface area contributed by atoms with Crippen LogP contribution in [0.4, 0.5) is 0 Å². The predicted molar refractivity (Wildman–Crippen MR) is 81.6 cm³/mol. The molecule has 0 aromatic carbocycles. The number of esters is 1. The lowest BCUT2D eigenvalue weighted by Crippen LogP contribution is -2.40. The molecule has 1 rings (SSSR count). The minimum atomic E-state index is -0.272. The highest BCUT2D eigenvalue weighted by Crippen LogP contribution is 2.02. The van der Waals surface area contributed by atoms with Gasteiger partial charge in [0.25, 0.3) is 0 Å². The highest BCUT2D eigenvalue weighted by atomic mass is 16.5. The third-order valence-corrected chi connectivity index (χ3v) is 3.52. The van der Waals surface area contributed by atoms with Gasteiger partial charge >= 0.3 is 5.97 Å². The van der Waals surface area contributed by atoms with E-state index >= 15 is 0 Å². The zero-order valence-corrected chi connectivity index (χ0v) is 13.7. The Bertz CT molecular complexity index is 332. The molecular weight excluding hydrogens is 288 g/mol. The normalized spacial score (nSPS) is 15.5. The van der Waals surface area contributed by atoms with Crippen LogP contribution in [0.2, 0.25) is 0 Å². The number of carbonyl (C=O) groups excluding carboxylic acids is 2. The van der Waals surface area contributed by atoms with Crippen molar-refractivity contribution >= 4 is 11.9 Å². The monoisotopic (exact) mass is 316 g/mol. The zero-order chi connectivity index (χ0) is 16.2. The minimum absolute atomic E-state index is 0.0420. The highest BCUT2D eigenvalue weighted by molar-refractivity contribution is 5.78. The number of carbonyl (C=O) groups is 2. The van der Waals surface area contributed by atoms with Crippen LogP contribution >= 0.6 is 0 Å². The van der Waals surface area contributed by atoms with Gasteiger partial charge in [0.1, 0.15) is 6.61 Å². The van der Waals surface area contributed by atoms with Gasteiger partial charge in [-0.3, -0.25) is 14.5 Å². The molecule has 1 aliphatic heterocycles. The summed E-state index contributed by atoms with van der Waals surface area (Å²) >= 11 is 0. The first-order valence-corrected chi connectivity index (χ1v) is 7.89. The quantitative estimate of drug-likeness (QED) is 0.534.